The van der Waals surface area contributed by atoms with E-state index in [1.165, 1.54) is 0 Å². The highest BCUT2D eigenvalue weighted by Gasteiger charge is 2.22. The van der Waals surface area contributed by atoms with Gasteiger partial charge in [0.15, 0.2) is 0 Å². The first-order valence-corrected chi connectivity index (χ1v) is 6.66. The van der Waals surface area contributed by atoms with Gasteiger partial charge in [0.05, 0.1) is 12.3 Å². The number of esters is 1. The second kappa shape index (κ2) is 5.93. The molecule has 0 atom stereocenters. The molecule has 0 aliphatic heterocycles. The number of nitrogens with one attached hydrogen (secondary N) is 1. The number of benzene rings is 1. The van der Waals surface area contributed by atoms with Crippen LogP contribution in [-0.2, 0) is 19.6 Å². The van der Waals surface area contributed by atoms with E-state index in [2.05, 4.69) is 4.74 Å². The Balaban J connectivity index is 2.95. The summed E-state index contributed by atoms with van der Waals surface area (Å²) in [7, 11) is -4.32. The van der Waals surface area contributed by atoms with Crippen LogP contribution in [0.25, 0.3) is 0 Å². The molecule has 0 unspecified atom stereocenters. The van der Waals surface area contributed by atoms with Crippen LogP contribution in [0.1, 0.15) is 6.92 Å². The lowest BCUT2D eigenvalue weighted by Gasteiger charge is -2.08. The number of hydrogen-bond acceptors (Lipinski definition) is 5. The van der Waals surface area contributed by atoms with Crippen molar-refractivity contribution in [3.63, 3.8) is 0 Å². The molecule has 0 radical (unpaired) electrons. The molecule has 1 aromatic rings. The van der Waals surface area contributed by atoms with Crippen molar-refractivity contribution in [1.29, 1.82) is 0 Å². The third-order valence-corrected chi connectivity index (χ3v) is 3.47. The zero-order valence-corrected chi connectivity index (χ0v) is 10.8. The van der Waals surface area contributed by atoms with E-state index in [1.807, 2.05) is 4.72 Å². The van der Waals surface area contributed by atoms with Gasteiger partial charge < -0.3 is 10.5 Å². The molecule has 0 amide bonds. The van der Waals surface area contributed by atoms with Gasteiger partial charge in [-0.05, 0) is 13.0 Å². The molecule has 106 valence electrons. The minimum atomic E-state index is -4.32. The average Bonchev–Trinajstić information content (AvgIpc) is 2.31. The highest BCUT2D eigenvalue weighted by atomic mass is 32.2. The Morgan fingerprint density at radius 1 is 1.37 bits per heavy atom. The Morgan fingerprint density at radius 3 is 2.58 bits per heavy atom. The van der Waals surface area contributed by atoms with Gasteiger partial charge in [-0.25, -0.2) is 17.2 Å². The third kappa shape index (κ3) is 3.86. The number of hydrogen-bond donors (Lipinski definition) is 2. The van der Waals surface area contributed by atoms with Gasteiger partial charge in [0.2, 0.25) is 10.0 Å². The first-order valence-electron chi connectivity index (χ1n) is 5.17. The van der Waals surface area contributed by atoms with Crippen LogP contribution in [-0.4, -0.2) is 27.5 Å². The van der Waals surface area contributed by atoms with Crippen molar-refractivity contribution in [1.82, 2.24) is 4.72 Å². The topological polar surface area (TPSA) is 98.5 Å². The number of nitrogens with two attached hydrogens (primary N) is 1. The minimum absolute atomic E-state index is 0.0818. The van der Waals surface area contributed by atoms with Gasteiger partial charge in [0.25, 0.3) is 0 Å². The number of sulfonamides is 1. The van der Waals surface area contributed by atoms with Gasteiger partial charge >= 0.3 is 5.97 Å². The van der Waals surface area contributed by atoms with Crippen molar-refractivity contribution in [2.45, 2.75) is 11.8 Å². The normalized spacial score (nSPS) is 11.3. The van der Waals surface area contributed by atoms with Crippen LogP contribution in [0, 0.1) is 11.6 Å². The van der Waals surface area contributed by atoms with E-state index in [9.17, 15) is 22.0 Å². The summed E-state index contributed by atoms with van der Waals surface area (Å²) in [4.78, 5) is 10.2. The van der Waals surface area contributed by atoms with Crippen LogP contribution >= 0.6 is 0 Å². The van der Waals surface area contributed by atoms with E-state index in [1.54, 1.807) is 6.92 Å². The van der Waals surface area contributed by atoms with Crippen LogP contribution in [0.4, 0.5) is 14.5 Å². The van der Waals surface area contributed by atoms with Gasteiger partial charge in [-0.1, -0.05) is 0 Å². The summed E-state index contributed by atoms with van der Waals surface area (Å²) in [6.45, 7) is 0.970. The fourth-order valence-corrected chi connectivity index (χ4v) is 2.26. The molecule has 0 aliphatic rings. The van der Waals surface area contributed by atoms with Crippen molar-refractivity contribution >= 4 is 21.7 Å². The Hall–Kier alpha value is -1.74. The second-order valence-corrected chi connectivity index (χ2v) is 5.17. The minimum Gasteiger partial charge on any atom is -0.465 e. The van der Waals surface area contributed by atoms with Crippen molar-refractivity contribution in [3.8, 4) is 0 Å². The van der Waals surface area contributed by atoms with E-state index in [4.69, 9.17) is 5.73 Å². The van der Waals surface area contributed by atoms with Crippen LogP contribution < -0.4 is 10.5 Å². The van der Waals surface area contributed by atoms with Crippen LogP contribution in [0.3, 0.4) is 0 Å². The molecule has 0 heterocycles. The van der Waals surface area contributed by atoms with Gasteiger partial charge in [-0.2, -0.15) is 4.72 Å². The Bertz CT molecular complexity index is 589. The van der Waals surface area contributed by atoms with Crippen LogP contribution in [0.5, 0.6) is 0 Å². The van der Waals surface area contributed by atoms with E-state index in [0.717, 1.165) is 0 Å². The van der Waals surface area contributed by atoms with E-state index in [-0.39, 0.29) is 6.61 Å². The molecule has 0 saturated carbocycles. The average molecular weight is 294 g/mol. The molecule has 3 N–H and O–H groups in total. The highest BCUT2D eigenvalue weighted by molar-refractivity contribution is 7.89. The van der Waals surface area contributed by atoms with Crippen LogP contribution in [0.15, 0.2) is 17.0 Å². The van der Waals surface area contributed by atoms with E-state index >= 15 is 0 Å². The number of carbonyl (C=O) groups is 1. The number of anilines is 1. The van der Waals surface area contributed by atoms with Crippen molar-refractivity contribution < 1.29 is 26.7 Å². The molecule has 6 nitrogen and oxygen atoms in total. The SMILES string of the molecule is CCOC(=O)CNS(=O)(=O)c1cc(N)c(F)cc1F. The Labute approximate surface area is 108 Å². The number of halogens is 2. The monoisotopic (exact) mass is 294 g/mol. The maximum Gasteiger partial charge on any atom is 0.321 e. The van der Waals surface area contributed by atoms with Gasteiger partial charge in [0.1, 0.15) is 23.1 Å². The van der Waals surface area contributed by atoms with Gasteiger partial charge in [-0.3, -0.25) is 4.79 Å². The molecule has 1 aromatic carbocycles. The lowest BCUT2D eigenvalue weighted by atomic mass is 10.3. The number of rotatable bonds is 5. The zero-order chi connectivity index (χ0) is 14.6. The summed E-state index contributed by atoms with van der Waals surface area (Å²) in [5.41, 5.74) is 4.65. The lowest BCUT2D eigenvalue weighted by Crippen LogP contribution is -2.31. The molecule has 0 bridgehead atoms. The summed E-state index contributed by atoms with van der Waals surface area (Å²) in [6.07, 6.45) is 0. The summed E-state index contributed by atoms with van der Waals surface area (Å²) in [5, 5.41) is 0. The first kappa shape index (κ1) is 15.3. The van der Waals surface area contributed by atoms with Crippen molar-refractivity contribution in [2.75, 3.05) is 18.9 Å². The fraction of sp³-hybridized carbons (Fsp3) is 0.300. The molecule has 0 aliphatic carbocycles. The molecule has 0 saturated heterocycles. The second-order valence-electron chi connectivity index (χ2n) is 3.43. The molecule has 0 aromatic heterocycles. The van der Waals surface area contributed by atoms with Crippen molar-refractivity contribution in [2.24, 2.45) is 0 Å². The maximum atomic E-state index is 13.4. The molecule has 1 rings (SSSR count). The molecule has 0 fully saturated rings. The molecule has 9 heteroatoms. The van der Waals surface area contributed by atoms with E-state index in [0.29, 0.717) is 12.1 Å². The number of nitrogen functional groups attached to an aromatic ring is 1. The quantitative estimate of drug-likeness (QED) is 0.604. The highest BCUT2D eigenvalue weighted by Crippen LogP contribution is 2.20. The fourth-order valence-electron chi connectivity index (χ4n) is 1.19. The van der Waals surface area contributed by atoms with Gasteiger partial charge in [-0.15, -0.1) is 0 Å². The summed E-state index contributed by atoms with van der Waals surface area (Å²) < 4.78 is 56.0. The smallest absolute Gasteiger partial charge is 0.321 e. The maximum absolute atomic E-state index is 13.4. The summed E-state index contributed by atoms with van der Waals surface area (Å²) >= 11 is 0. The molecule has 0 spiro atoms. The Kier molecular flexibility index (Phi) is 4.78. The number of ether oxygens (including phenoxy) is 1. The molecule has 19 heavy (non-hydrogen) atoms. The standard InChI is InChI=1S/C10H12F2N2O4S/c1-2-18-10(15)5-14-19(16,17)9-4-8(13)6(11)3-7(9)12/h3-4,14H,2,5,13H2,1H3. The largest absolute Gasteiger partial charge is 0.465 e. The molecular weight excluding hydrogens is 282 g/mol. The van der Waals surface area contributed by atoms with Gasteiger partial charge in [0, 0.05) is 6.07 Å². The third-order valence-electron chi connectivity index (χ3n) is 2.05. The first-order chi connectivity index (χ1) is 8.77. The van der Waals surface area contributed by atoms with Crippen LogP contribution in [0.2, 0.25) is 0 Å². The predicted molar refractivity (Wildman–Crippen MR) is 62.6 cm³/mol. The predicted octanol–water partition coefficient (Wildman–Crippen LogP) is 0.388. The number of carbonyl (C=O) groups excluding carboxylic acids is 1. The summed E-state index contributed by atoms with van der Waals surface area (Å²) in [5.74, 6) is -3.19. The summed E-state index contributed by atoms with van der Waals surface area (Å²) in [6, 6.07) is 0.992. The van der Waals surface area contributed by atoms with Crippen molar-refractivity contribution in [3.05, 3.63) is 23.8 Å². The van der Waals surface area contributed by atoms with E-state index < -0.39 is 44.8 Å². The zero-order valence-electron chi connectivity index (χ0n) is 9.94. The molecular formula is C10H12F2N2O4S. The lowest BCUT2D eigenvalue weighted by molar-refractivity contribution is -0.141. The Morgan fingerprint density at radius 2 is 2.00 bits per heavy atom.